The number of halogens is 4. The Morgan fingerprint density at radius 2 is 1.63 bits per heavy atom. The molecule has 4 aromatic rings. The minimum Gasteiger partial charge on any atom is -0.505 e. The van der Waals surface area contributed by atoms with Crippen molar-refractivity contribution in [3.05, 3.63) is 106 Å². The summed E-state index contributed by atoms with van der Waals surface area (Å²) < 4.78 is 55.3. The molecule has 11 heteroatoms. The van der Waals surface area contributed by atoms with E-state index in [2.05, 4.69) is 10.5 Å². The number of carboxylic acid groups (broad SMARTS) is 1. The number of fused-ring (bicyclic) bond motifs is 1. The van der Waals surface area contributed by atoms with E-state index in [0.717, 1.165) is 46.4 Å². The third-order valence-corrected chi connectivity index (χ3v) is 6.47. The minimum atomic E-state index is -4.66. The normalized spacial score (nSPS) is 14.0. The number of alkyl halides is 3. The third kappa shape index (κ3) is 5.21. The van der Waals surface area contributed by atoms with E-state index in [4.69, 9.17) is 0 Å². The van der Waals surface area contributed by atoms with E-state index in [1.54, 1.807) is 26.0 Å². The van der Waals surface area contributed by atoms with Crippen molar-refractivity contribution in [2.24, 2.45) is 5.10 Å². The molecule has 0 aromatic heterocycles. The van der Waals surface area contributed by atoms with Gasteiger partial charge in [-0.1, -0.05) is 18.2 Å². The van der Waals surface area contributed by atoms with Crippen molar-refractivity contribution < 1.29 is 37.4 Å². The molecule has 1 aliphatic rings. The molecule has 208 valence electrons. The van der Waals surface area contributed by atoms with Crippen LogP contribution in [-0.4, -0.2) is 27.8 Å². The number of hydrazone groups is 1. The van der Waals surface area contributed by atoms with Gasteiger partial charge in [-0.15, -0.1) is 0 Å². The van der Waals surface area contributed by atoms with Crippen molar-refractivity contribution >= 4 is 34.7 Å². The van der Waals surface area contributed by atoms with Crippen LogP contribution < -0.4 is 10.3 Å². The third-order valence-electron chi connectivity index (χ3n) is 6.47. The Bertz CT molecular complexity index is 1750. The fourth-order valence-corrected chi connectivity index (χ4v) is 4.71. The molecule has 0 bridgehead atoms. The molecule has 0 spiro atoms. The minimum absolute atomic E-state index is 0.0370. The summed E-state index contributed by atoms with van der Waals surface area (Å²) in [5.74, 6) is -3.23. The molecule has 4 aromatic carbocycles. The van der Waals surface area contributed by atoms with E-state index >= 15 is 0 Å². The van der Waals surface area contributed by atoms with Crippen LogP contribution in [0.4, 0.5) is 34.6 Å². The lowest BCUT2D eigenvalue weighted by molar-refractivity contribution is -0.137. The monoisotopic (exact) mass is 563 g/mol. The van der Waals surface area contributed by atoms with Gasteiger partial charge in [-0.2, -0.15) is 18.3 Å². The number of nitrogens with zero attached hydrogens (tertiary/aromatic N) is 2. The molecule has 3 N–H and O–H groups in total. The summed E-state index contributed by atoms with van der Waals surface area (Å²) in [5, 5.41) is 24.2. The van der Waals surface area contributed by atoms with Gasteiger partial charge in [0.2, 0.25) is 0 Å². The Hall–Kier alpha value is -5.19. The summed E-state index contributed by atoms with van der Waals surface area (Å²) >= 11 is 0. The van der Waals surface area contributed by atoms with Gasteiger partial charge in [0.15, 0.2) is 5.71 Å². The predicted octanol–water partition coefficient (Wildman–Crippen LogP) is 7.03. The topological polar surface area (TPSA) is 102 Å². The molecule has 0 aliphatic carbocycles. The van der Waals surface area contributed by atoms with E-state index in [-0.39, 0.29) is 39.3 Å². The van der Waals surface area contributed by atoms with Gasteiger partial charge in [-0.25, -0.2) is 9.18 Å². The first-order valence-electron chi connectivity index (χ1n) is 12.2. The van der Waals surface area contributed by atoms with E-state index in [0.29, 0.717) is 5.69 Å². The number of carboxylic acids is 1. The first-order chi connectivity index (χ1) is 19.3. The molecule has 1 amide bonds. The number of carbonyl (C=O) groups is 2. The van der Waals surface area contributed by atoms with Crippen LogP contribution in [-0.2, 0) is 11.0 Å². The van der Waals surface area contributed by atoms with Crippen LogP contribution in [0.2, 0.25) is 0 Å². The Balaban J connectivity index is 1.60. The van der Waals surface area contributed by atoms with Gasteiger partial charge in [0, 0.05) is 22.9 Å². The number of benzene rings is 4. The number of hydrogen-bond donors (Lipinski definition) is 3. The summed E-state index contributed by atoms with van der Waals surface area (Å²) in [4.78, 5) is 26.1. The molecule has 0 saturated heterocycles. The maximum absolute atomic E-state index is 14.6. The summed E-state index contributed by atoms with van der Waals surface area (Å²) in [6.07, 6.45) is -4.66. The molecule has 41 heavy (non-hydrogen) atoms. The smallest absolute Gasteiger partial charge is 0.416 e. The zero-order valence-corrected chi connectivity index (χ0v) is 21.5. The molecule has 7 nitrogen and oxygen atoms in total. The van der Waals surface area contributed by atoms with Crippen LogP contribution in [0.3, 0.4) is 0 Å². The Kier molecular flexibility index (Phi) is 6.74. The van der Waals surface area contributed by atoms with Crippen molar-refractivity contribution in [1.29, 1.82) is 0 Å². The van der Waals surface area contributed by atoms with Gasteiger partial charge in [-0.3, -0.25) is 15.1 Å². The second-order valence-corrected chi connectivity index (χ2v) is 9.52. The second-order valence-electron chi connectivity index (χ2n) is 9.52. The lowest BCUT2D eigenvalue weighted by atomic mass is 10.0. The number of nitrogens with one attached hydrogen (secondary N) is 1. The highest BCUT2D eigenvalue weighted by atomic mass is 19.4. The molecule has 0 radical (unpaired) electrons. The fourth-order valence-electron chi connectivity index (χ4n) is 4.71. The van der Waals surface area contributed by atoms with Crippen molar-refractivity contribution in [2.75, 3.05) is 10.3 Å². The highest BCUT2D eigenvalue weighted by Crippen LogP contribution is 2.41. The van der Waals surface area contributed by atoms with Gasteiger partial charge in [0.05, 0.1) is 16.8 Å². The molecule has 0 saturated carbocycles. The molecule has 1 heterocycles. The van der Waals surface area contributed by atoms with Crippen LogP contribution in [0.15, 0.2) is 77.9 Å². The average Bonchev–Trinajstić information content (AvgIpc) is 3.18. The van der Waals surface area contributed by atoms with Crippen molar-refractivity contribution in [2.45, 2.75) is 20.0 Å². The molecule has 1 aliphatic heterocycles. The molecular weight excluding hydrogens is 542 g/mol. The number of phenolic OH excluding ortho intramolecular Hbond substituents is 1. The number of aryl methyl sites for hydroxylation is 2. The summed E-state index contributed by atoms with van der Waals surface area (Å²) in [6.45, 7) is 3.58. The number of aromatic hydroxyl groups is 1. The zero-order chi connectivity index (χ0) is 29.6. The van der Waals surface area contributed by atoms with Gasteiger partial charge in [0.1, 0.15) is 17.3 Å². The van der Waals surface area contributed by atoms with Crippen molar-refractivity contribution in [3.8, 4) is 16.9 Å². The number of hydrogen-bond acceptors (Lipinski definition) is 5. The number of amides is 1. The summed E-state index contributed by atoms with van der Waals surface area (Å²) in [7, 11) is 0. The van der Waals surface area contributed by atoms with Crippen LogP contribution >= 0.6 is 0 Å². The van der Waals surface area contributed by atoms with Crippen LogP contribution in [0, 0.1) is 19.7 Å². The molecule has 0 atom stereocenters. The summed E-state index contributed by atoms with van der Waals surface area (Å²) in [6, 6.07) is 15.4. The van der Waals surface area contributed by atoms with E-state index in [1.165, 1.54) is 24.3 Å². The first kappa shape index (κ1) is 27.4. The zero-order valence-electron chi connectivity index (χ0n) is 21.5. The fraction of sp³-hybridized carbons (Fsp3) is 0.100. The number of rotatable bonds is 5. The highest BCUT2D eigenvalue weighted by molar-refractivity contribution is 6.55. The second kappa shape index (κ2) is 10.1. The van der Waals surface area contributed by atoms with Crippen LogP contribution in [0.25, 0.3) is 11.1 Å². The molecule has 0 fully saturated rings. The lowest BCUT2D eigenvalue weighted by Crippen LogP contribution is -2.26. The van der Waals surface area contributed by atoms with E-state index < -0.39 is 35.2 Å². The number of carbonyl (C=O) groups excluding carboxylic acids is 1. The van der Waals surface area contributed by atoms with Gasteiger partial charge in [0.25, 0.3) is 5.91 Å². The number of phenols is 1. The highest BCUT2D eigenvalue weighted by Gasteiger charge is 2.39. The van der Waals surface area contributed by atoms with E-state index in [1.807, 2.05) is 6.07 Å². The predicted molar refractivity (Wildman–Crippen MR) is 145 cm³/mol. The number of aromatic carboxylic acids is 1. The molecule has 0 unspecified atom stereocenters. The Morgan fingerprint density at radius 1 is 0.927 bits per heavy atom. The molecule has 5 rings (SSSR count). The van der Waals surface area contributed by atoms with Crippen LogP contribution in [0.1, 0.15) is 32.6 Å². The van der Waals surface area contributed by atoms with Crippen molar-refractivity contribution in [1.82, 2.24) is 0 Å². The maximum atomic E-state index is 14.6. The van der Waals surface area contributed by atoms with Gasteiger partial charge >= 0.3 is 12.1 Å². The number of anilines is 3. The van der Waals surface area contributed by atoms with Crippen molar-refractivity contribution in [3.63, 3.8) is 0 Å². The standard InChI is InChI=1S/C30H21F4N3O4/c1-15-8-16(2)10-21(9-15)37-25-12-19(30(32,33)34)6-7-22(25)26(28(37)39)36-35-24-14-20(31)13-23(27(24)38)17-4-3-5-18(11-17)29(40)41/h3-14,35,38H,1-2H3,(H,40,41)/b36-26-. The maximum Gasteiger partial charge on any atom is 0.416 e. The Morgan fingerprint density at radius 3 is 2.29 bits per heavy atom. The SMILES string of the molecule is Cc1cc(C)cc(N2C(=O)/C(=N\Nc3cc(F)cc(-c4cccc(C(=O)O)c4)c3O)c3ccc(C(F)(F)F)cc32)c1. The molecular formula is C30H21F4N3O4. The van der Waals surface area contributed by atoms with Gasteiger partial charge < -0.3 is 10.2 Å². The van der Waals surface area contributed by atoms with E-state index in [9.17, 15) is 37.4 Å². The summed E-state index contributed by atoms with van der Waals surface area (Å²) in [5.41, 5.74) is 3.06. The average molecular weight is 564 g/mol. The van der Waals surface area contributed by atoms with Crippen LogP contribution in [0.5, 0.6) is 5.75 Å². The largest absolute Gasteiger partial charge is 0.505 e. The first-order valence-corrected chi connectivity index (χ1v) is 12.2. The van der Waals surface area contributed by atoms with Gasteiger partial charge in [-0.05, 0) is 79.1 Å². The Labute approximate surface area is 231 Å². The lowest BCUT2D eigenvalue weighted by Gasteiger charge is -2.19. The quantitative estimate of drug-likeness (QED) is 0.138.